The molecule has 0 aliphatic heterocycles. The van der Waals surface area contributed by atoms with Crippen molar-refractivity contribution in [1.82, 2.24) is 10.9 Å². The fraction of sp³-hybridized carbons (Fsp3) is 0.263. The van der Waals surface area contributed by atoms with Crippen molar-refractivity contribution in [3.05, 3.63) is 58.6 Å². The molecule has 2 rings (SSSR count). The van der Waals surface area contributed by atoms with E-state index < -0.39 is 0 Å². The van der Waals surface area contributed by atoms with E-state index in [2.05, 4.69) is 45.5 Å². The minimum absolute atomic E-state index is 0.225. The van der Waals surface area contributed by atoms with Crippen molar-refractivity contribution in [1.29, 1.82) is 0 Å². The van der Waals surface area contributed by atoms with Crippen molar-refractivity contribution in [2.24, 2.45) is 0 Å². The van der Waals surface area contributed by atoms with Gasteiger partial charge in [-0.3, -0.25) is 20.4 Å². The Morgan fingerprint density at radius 2 is 1.58 bits per heavy atom. The van der Waals surface area contributed by atoms with Crippen LogP contribution in [0.2, 0.25) is 0 Å². The van der Waals surface area contributed by atoms with Gasteiger partial charge in [0, 0.05) is 33.7 Å². The number of nitrogens with one attached hydrogen (secondary N) is 2. The SMILES string of the molecule is CCN(CC)c1ccc(C(=O)NNC(=O)CSc2ccc(Br)cc2)cc1. The van der Waals surface area contributed by atoms with Crippen LogP contribution in [0.5, 0.6) is 0 Å². The van der Waals surface area contributed by atoms with E-state index in [1.165, 1.54) is 11.8 Å². The fourth-order valence-electron chi connectivity index (χ4n) is 2.33. The quantitative estimate of drug-likeness (QED) is 0.512. The molecule has 2 aromatic rings. The number of hydrogen-bond acceptors (Lipinski definition) is 4. The van der Waals surface area contributed by atoms with E-state index in [0.717, 1.165) is 28.1 Å². The Labute approximate surface area is 166 Å². The average Bonchev–Trinajstić information content (AvgIpc) is 2.67. The molecule has 0 heterocycles. The maximum Gasteiger partial charge on any atom is 0.269 e. The molecular formula is C19H22BrN3O2S. The molecule has 7 heteroatoms. The van der Waals surface area contributed by atoms with Crippen molar-refractivity contribution in [2.75, 3.05) is 23.7 Å². The molecule has 5 nitrogen and oxygen atoms in total. The molecular weight excluding hydrogens is 414 g/mol. The summed E-state index contributed by atoms with van der Waals surface area (Å²) >= 11 is 4.78. The van der Waals surface area contributed by atoms with Crippen LogP contribution in [-0.2, 0) is 4.79 Å². The van der Waals surface area contributed by atoms with Crippen LogP contribution in [0.3, 0.4) is 0 Å². The van der Waals surface area contributed by atoms with Crippen LogP contribution in [0.25, 0.3) is 0 Å². The Hall–Kier alpha value is -1.99. The lowest BCUT2D eigenvalue weighted by atomic mass is 10.2. The predicted octanol–water partition coefficient (Wildman–Crippen LogP) is 3.85. The Morgan fingerprint density at radius 1 is 0.962 bits per heavy atom. The van der Waals surface area contributed by atoms with Crippen LogP contribution >= 0.6 is 27.7 Å². The van der Waals surface area contributed by atoms with E-state index >= 15 is 0 Å². The van der Waals surface area contributed by atoms with E-state index in [1.54, 1.807) is 12.1 Å². The monoisotopic (exact) mass is 435 g/mol. The molecule has 0 aromatic heterocycles. The van der Waals surface area contributed by atoms with Gasteiger partial charge in [-0.25, -0.2) is 0 Å². The number of thioether (sulfide) groups is 1. The number of amides is 2. The van der Waals surface area contributed by atoms with E-state index in [4.69, 9.17) is 0 Å². The standard InChI is InChI=1S/C19H22BrN3O2S/c1-3-23(4-2)16-9-5-14(6-10-16)19(25)22-21-18(24)13-26-17-11-7-15(20)8-12-17/h5-12H,3-4,13H2,1-2H3,(H,21,24)(H,22,25). The zero-order valence-corrected chi connectivity index (χ0v) is 17.2. The minimum atomic E-state index is -0.335. The van der Waals surface area contributed by atoms with Gasteiger partial charge in [0.05, 0.1) is 5.75 Å². The number of rotatable bonds is 7. The molecule has 0 unspecified atom stereocenters. The molecule has 0 aliphatic rings. The maximum atomic E-state index is 12.1. The van der Waals surface area contributed by atoms with Crippen molar-refractivity contribution in [2.45, 2.75) is 18.7 Å². The number of carbonyl (C=O) groups is 2. The number of anilines is 1. The molecule has 138 valence electrons. The molecule has 0 aliphatic carbocycles. The first-order chi connectivity index (χ1) is 12.5. The second-order valence-corrected chi connectivity index (χ2v) is 7.43. The smallest absolute Gasteiger partial charge is 0.269 e. The molecule has 26 heavy (non-hydrogen) atoms. The molecule has 2 amide bonds. The third kappa shape index (κ3) is 6.07. The van der Waals surface area contributed by atoms with Crippen LogP contribution in [0.15, 0.2) is 57.9 Å². The van der Waals surface area contributed by atoms with Gasteiger partial charge in [-0.2, -0.15) is 0 Å². The summed E-state index contributed by atoms with van der Waals surface area (Å²) < 4.78 is 0.991. The fourth-order valence-corrected chi connectivity index (χ4v) is 3.29. The Balaban J connectivity index is 1.80. The summed E-state index contributed by atoms with van der Waals surface area (Å²) in [5.41, 5.74) is 6.46. The van der Waals surface area contributed by atoms with Gasteiger partial charge in [0.25, 0.3) is 5.91 Å². The highest BCUT2D eigenvalue weighted by molar-refractivity contribution is 9.10. The molecule has 0 atom stereocenters. The van der Waals surface area contributed by atoms with E-state index in [9.17, 15) is 9.59 Å². The summed E-state index contributed by atoms with van der Waals surface area (Å²) in [4.78, 5) is 27.2. The van der Waals surface area contributed by atoms with E-state index in [-0.39, 0.29) is 17.6 Å². The van der Waals surface area contributed by atoms with Crippen molar-refractivity contribution in [3.63, 3.8) is 0 Å². The minimum Gasteiger partial charge on any atom is -0.372 e. The van der Waals surface area contributed by atoms with Crippen LogP contribution in [0.4, 0.5) is 5.69 Å². The van der Waals surface area contributed by atoms with Crippen LogP contribution < -0.4 is 15.8 Å². The Bertz CT molecular complexity index is 731. The summed E-state index contributed by atoms with van der Waals surface area (Å²) in [6.07, 6.45) is 0. The molecule has 2 aromatic carbocycles. The first kappa shape index (κ1) is 20.3. The lowest BCUT2D eigenvalue weighted by Crippen LogP contribution is -2.42. The maximum absolute atomic E-state index is 12.1. The molecule has 0 saturated heterocycles. The van der Waals surface area contributed by atoms with Crippen molar-refractivity contribution >= 4 is 45.2 Å². The van der Waals surface area contributed by atoms with E-state index in [0.29, 0.717) is 5.56 Å². The topological polar surface area (TPSA) is 61.4 Å². The number of nitrogens with zero attached hydrogens (tertiary/aromatic N) is 1. The second-order valence-electron chi connectivity index (χ2n) is 5.46. The van der Waals surface area contributed by atoms with Gasteiger partial charge >= 0.3 is 0 Å². The summed E-state index contributed by atoms with van der Waals surface area (Å²) in [7, 11) is 0. The third-order valence-electron chi connectivity index (χ3n) is 3.76. The van der Waals surface area contributed by atoms with Crippen LogP contribution in [0.1, 0.15) is 24.2 Å². The molecule has 0 bridgehead atoms. The van der Waals surface area contributed by atoms with Gasteiger partial charge < -0.3 is 4.90 Å². The van der Waals surface area contributed by atoms with Crippen LogP contribution in [0, 0.1) is 0 Å². The summed E-state index contributed by atoms with van der Waals surface area (Å²) in [5.74, 6) is -0.368. The predicted molar refractivity (Wildman–Crippen MR) is 110 cm³/mol. The molecule has 0 fully saturated rings. The van der Waals surface area contributed by atoms with Gasteiger partial charge in [0.2, 0.25) is 5.91 Å². The lowest BCUT2D eigenvalue weighted by molar-refractivity contribution is -0.119. The zero-order chi connectivity index (χ0) is 18.9. The highest BCUT2D eigenvalue weighted by Crippen LogP contribution is 2.20. The summed E-state index contributed by atoms with van der Waals surface area (Å²) in [5, 5.41) is 0. The van der Waals surface area contributed by atoms with E-state index in [1.807, 2.05) is 36.4 Å². The Morgan fingerprint density at radius 3 is 2.15 bits per heavy atom. The van der Waals surface area contributed by atoms with Crippen LogP contribution in [-0.4, -0.2) is 30.7 Å². The zero-order valence-electron chi connectivity index (χ0n) is 14.8. The Kier molecular flexibility index (Phi) is 8.00. The van der Waals surface area contributed by atoms with Gasteiger partial charge in [0.15, 0.2) is 0 Å². The number of hydrogen-bond donors (Lipinski definition) is 2. The molecule has 0 saturated carbocycles. The lowest BCUT2D eigenvalue weighted by Gasteiger charge is -2.21. The third-order valence-corrected chi connectivity index (χ3v) is 5.30. The number of halogens is 1. The first-order valence-electron chi connectivity index (χ1n) is 8.36. The van der Waals surface area contributed by atoms with Gasteiger partial charge in [-0.15, -0.1) is 11.8 Å². The van der Waals surface area contributed by atoms with Gasteiger partial charge in [-0.1, -0.05) is 15.9 Å². The second kappa shape index (κ2) is 10.2. The largest absolute Gasteiger partial charge is 0.372 e. The molecule has 0 spiro atoms. The van der Waals surface area contributed by atoms with Gasteiger partial charge in [0.1, 0.15) is 0 Å². The summed E-state index contributed by atoms with van der Waals surface area (Å²) in [6, 6.07) is 15.0. The normalized spacial score (nSPS) is 10.3. The number of carbonyl (C=O) groups excluding carboxylic acids is 2. The van der Waals surface area contributed by atoms with Crippen molar-refractivity contribution < 1.29 is 9.59 Å². The highest BCUT2D eigenvalue weighted by atomic mass is 79.9. The van der Waals surface area contributed by atoms with Gasteiger partial charge in [-0.05, 0) is 62.4 Å². The first-order valence-corrected chi connectivity index (χ1v) is 10.1. The molecule has 0 radical (unpaired) electrons. The average molecular weight is 436 g/mol. The summed E-state index contributed by atoms with van der Waals surface area (Å²) in [6.45, 7) is 6.00. The molecule has 2 N–H and O–H groups in total. The number of benzene rings is 2. The highest BCUT2D eigenvalue weighted by Gasteiger charge is 2.09. The van der Waals surface area contributed by atoms with Crippen molar-refractivity contribution in [3.8, 4) is 0 Å². The number of hydrazine groups is 1.